The fourth-order valence-electron chi connectivity index (χ4n) is 1.37. The molecule has 0 aromatic heterocycles. The maximum atomic E-state index is 11.8. The summed E-state index contributed by atoms with van der Waals surface area (Å²) in [5, 5.41) is 14.6. The topological polar surface area (TPSA) is 61.4 Å². The first-order chi connectivity index (χ1) is 7.38. The van der Waals surface area contributed by atoms with Gasteiger partial charge in [0.05, 0.1) is 11.9 Å². The average molecular weight is 295 g/mol. The molecule has 1 aliphatic heterocycles. The molecule has 0 saturated carbocycles. The van der Waals surface area contributed by atoms with E-state index in [9.17, 15) is 23.1 Å². The van der Waals surface area contributed by atoms with E-state index < -0.39 is 23.3 Å². The number of thioether (sulfide) groups is 1. The van der Waals surface area contributed by atoms with Crippen LogP contribution in [0.3, 0.4) is 0 Å². The Balaban J connectivity index is 0.00000256. The number of hydrogen-bond acceptors (Lipinski definition) is 4. The lowest BCUT2D eigenvalue weighted by Crippen LogP contribution is -2.35. The Morgan fingerprint density at radius 2 is 2.12 bits per heavy atom. The molecule has 1 heterocycles. The summed E-state index contributed by atoms with van der Waals surface area (Å²) in [5.41, 5.74) is -4.38. The van der Waals surface area contributed by atoms with Crippen LogP contribution >= 0.6 is 24.2 Å². The third kappa shape index (κ3) is 6.97. The summed E-state index contributed by atoms with van der Waals surface area (Å²) in [7, 11) is 0. The molecular weight excluding hydrogens is 281 g/mol. The molecule has 102 valence electrons. The fourth-order valence-corrected chi connectivity index (χ4v) is 1.77. The van der Waals surface area contributed by atoms with Gasteiger partial charge < -0.3 is 15.7 Å². The number of amides is 1. The zero-order valence-electron chi connectivity index (χ0n) is 8.79. The molecule has 0 bridgehead atoms. The summed E-state index contributed by atoms with van der Waals surface area (Å²) in [4.78, 5) is 11.0. The number of hydrogen-bond donors (Lipinski definition) is 3. The van der Waals surface area contributed by atoms with Crippen molar-refractivity contribution in [2.45, 2.75) is 11.6 Å². The van der Waals surface area contributed by atoms with Gasteiger partial charge in [-0.3, -0.25) is 4.79 Å². The summed E-state index contributed by atoms with van der Waals surface area (Å²) in [5.74, 6) is -1.43. The van der Waals surface area contributed by atoms with Crippen LogP contribution < -0.4 is 10.6 Å². The second-order valence-corrected chi connectivity index (χ2v) is 4.56. The average Bonchev–Trinajstić information content (AvgIpc) is 2.57. The molecule has 9 heteroatoms. The molecular formula is C8H14ClF3N2O2S. The summed E-state index contributed by atoms with van der Waals surface area (Å²) in [6.45, 7) is 1.22. The first kappa shape index (κ1) is 16.8. The minimum Gasteiger partial charge on any atom is -0.391 e. The van der Waals surface area contributed by atoms with Gasteiger partial charge in [-0.2, -0.15) is 13.2 Å². The van der Waals surface area contributed by atoms with Crippen LogP contribution in [0.2, 0.25) is 0 Å². The van der Waals surface area contributed by atoms with Gasteiger partial charge in [0.1, 0.15) is 0 Å². The van der Waals surface area contributed by atoms with Crippen LogP contribution in [-0.4, -0.2) is 48.0 Å². The molecule has 17 heavy (non-hydrogen) atoms. The van der Waals surface area contributed by atoms with Gasteiger partial charge in [-0.15, -0.1) is 12.4 Å². The quantitative estimate of drug-likeness (QED) is 0.701. The van der Waals surface area contributed by atoms with Gasteiger partial charge in [0.25, 0.3) is 0 Å². The number of carbonyl (C=O) groups excluding carboxylic acids is 1. The Morgan fingerprint density at radius 1 is 1.47 bits per heavy atom. The Morgan fingerprint density at radius 3 is 2.59 bits per heavy atom. The first-order valence-electron chi connectivity index (χ1n) is 4.74. The number of aliphatic hydroxyl groups is 1. The number of aliphatic hydroxyl groups excluding tert-OH is 1. The zero-order chi connectivity index (χ0) is 12.2. The second kappa shape index (κ2) is 7.30. The van der Waals surface area contributed by atoms with Gasteiger partial charge >= 0.3 is 5.51 Å². The minimum absolute atomic E-state index is 0. The minimum atomic E-state index is -4.38. The van der Waals surface area contributed by atoms with Gasteiger partial charge in [0, 0.05) is 25.6 Å². The van der Waals surface area contributed by atoms with Crippen LogP contribution in [0.15, 0.2) is 0 Å². The molecule has 1 rings (SSSR count). The number of rotatable bonds is 4. The van der Waals surface area contributed by atoms with E-state index in [2.05, 4.69) is 10.6 Å². The lowest BCUT2D eigenvalue weighted by atomic mass is 10.1. The third-order valence-electron chi connectivity index (χ3n) is 2.23. The highest BCUT2D eigenvalue weighted by Gasteiger charge is 2.30. The molecule has 1 amide bonds. The predicted molar refractivity (Wildman–Crippen MR) is 61.1 cm³/mol. The maximum absolute atomic E-state index is 11.8. The van der Waals surface area contributed by atoms with Gasteiger partial charge in [-0.25, -0.2) is 0 Å². The standard InChI is InChI=1S/C8H13F3N2O2S.ClH/c9-8(10,11)16-4-7(15)13-2-5-1-12-3-6(5)14;/h5-6,12,14H,1-4H2,(H,13,15);1H. The highest BCUT2D eigenvalue weighted by atomic mass is 35.5. The second-order valence-electron chi connectivity index (χ2n) is 3.52. The van der Waals surface area contributed by atoms with Crippen molar-refractivity contribution >= 4 is 30.1 Å². The van der Waals surface area contributed by atoms with Gasteiger partial charge in [-0.05, 0) is 11.8 Å². The molecule has 1 saturated heterocycles. The van der Waals surface area contributed by atoms with Gasteiger partial charge in [0.2, 0.25) is 5.91 Å². The van der Waals surface area contributed by atoms with Crippen molar-refractivity contribution in [1.82, 2.24) is 10.6 Å². The van der Waals surface area contributed by atoms with Gasteiger partial charge in [-0.1, -0.05) is 0 Å². The van der Waals surface area contributed by atoms with Crippen LogP contribution in [0.5, 0.6) is 0 Å². The molecule has 1 fully saturated rings. The fraction of sp³-hybridized carbons (Fsp3) is 0.875. The van der Waals surface area contributed by atoms with Crippen LogP contribution in [0.1, 0.15) is 0 Å². The van der Waals surface area contributed by atoms with Crippen LogP contribution in [0.4, 0.5) is 13.2 Å². The van der Waals surface area contributed by atoms with E-state index in [1.165, 1.54) is 0 Å². The molecule has 3 N–H and O–H groups in total. The molecule has 2 unspecified atom stereocenters. The number of nitrogens with one attached hydrogen (secondary N) is 2. The van der Waals surface area contributed by atoms with Gasteiger partial charge in [0.15, 0.2) is 0 Å². The Kier molecular flexibility index (Phi) is 7.22. The summed E-state index contributed by atoms with van der Waals surface area (Å²) in [6, 6.07) is 0. The third-order valence-corrected chi connectivity index (χ3v) is 2.97. The smallest absolute Gasteiger partial charge is 0.391 e. The predicted octanol–water partition coefficient (Wildman–Crippen LogP) is 0.358. The van der Waals surface area contributed by atoms with E-state index >= 15 is 0 Å². The van der Waals surface area contributed by atoms with E-state index in [4.69, 9.17) is 0 Å². The van der Waals surface area contributed by atoms with Crippen molar-refractivity contribution < 1.29 is 23.1 Å². The summed E-state index contributed by atoms with van der Waals surface area (Å²) in [6.07, 6.45) is -0.546. The van der Waals surface area contributed by atoms with Crippen molar-refractivity contribution in [3.63, 3.8) is 0 Å². The summed E-state index contributed by atoms with van der Waals surface area (Å²) >= 11 is -0.365. The van der Waals surface area contributed by atoms with Crippen LogP contribution in [0.25, 0.3) is 0 Å². The normalized spacial score (nSPS) is 24.2. The Hall–Kier alpha value is -0.180. The van der Waals surface area contributed by atoms with Crippen molar-refractivity contribution in [2.24, 2.45) is 5.92 Å². The zero-order valence-corrected chi connectivity index (χ0v) is 10.4. The maximum Gasteiger partial charge on any atom is 0.442 e. The molecule has 0 aromatic rings. The van der Waals surface area contributed by atoms with Crippen LogP contribution in [-0.2, 0) is 4.79 Å². The SMILES string of the molecule is Cl.O=C(CSC(F)(F)F)NCC1CNCC1O. The molecule has 0 spiro atoms. The lowest BCUT2D eigenvalue weighted by Gasteiger charge is -2.14. The number of alkyl halides is 3. The molecule has 4 nitrogen and oxygen atoms in total. The summed E-state index contributed by atoms with van der Waals surface area (Å²) < 4.78 is 35.3. The van der Waals surface area contributed by atoms with E-state index in [1.54, 1.807) is 0 Å². The Bertz CT molecular complexity index is 255. The van der Waals surface area contributed by atoms with Crippen LogP contribution in [0, 0.1) is 5.92 Å². The highest BCUT2D eigenvalue weighted by Crippen LogP contribution is 2.29. The molecule has 2 atom stereocenters. The highest BCUT2D eigenvalue weighted by molar-refractivity contribution is 8.00. The van der Waals surface area contributed by atoms with Crippen molar-refractivity contribution in [3.8, 4) is 0 Å². The monoisotopic (exact) mass is 294 g/mol. The molecule has 1 aliphatic rings. The largest absolute Gasteiger partial charge is 0.442 e. The van der Waals surface area contributed by atoms with Crippen molar-refractivity contribution in [1.29, 1.82) is 0 Å². The first-order valence-corrected chi connectivity index (χ1v) is 5.73. The molecule has 0 aromatic carbocycles. The van der Waals surface area contributed by atoms with E-state index in [1.807, 2.05) is 0 Å². The number of carbonyl (C=O) groups is 1. The van der Waals surface area contributed by atoms with Crippen molar-refractivity contribution in [3.05, 3.63) is 0 Å². The van der Waals surface area contributed by atoms with E-state index in [-0.39, 0.29) is 36.6 Å². The Labute approximate surface area is 107 Å². The van der Waals surface area contributed by atoms with Crippen molar-refractivity contribution in [2.75, 3.05) is 25.4 Å². The molecule has 0 radical (unpaired) electrons. The number of halogens is 4. The van der Waals surface area contributed by atoms with E-state index in [0.717, 1.165) is 0 Å². The number of β-amino-alcohol motifs (C(OH)–C–C–N with tert-alkyl or cyclic N) is 1. The molecule has 0 aliphatic carbocycles. The lowest BCUT2D eigenvalue weighted by molar-refractivity contribution is -0.119. The van der Waals surface area contributed by atoms with E-state index in [0.29, 0.717) is 13.1 Å².